The minimum absolute atomic E-state index is 0.343. The zero-order valence-electron chi connectivity index (χ0n) is 10.8. The Hall–Kier alpha value is -2.35. The topological polar surface area (TPSA) is 37.3 Å². The van der Waals surface area contributed by atoms with Gasteiger partial charge in [-0.3, -0.25) is 0 Å². The van der Waals surface area contributed by atoms with Crippen LogP contribution in [0, 0.1) is 0 Å². The summed E-state index contributed by atoms with van der Waals surface area (Å²) in [7, 11) is 0. The molecule has 2 aromatic carbocycles. The van der Waals surface area contributed by atoms with E-state index in [9.17, 15) is 4.79 Å². The third-order valence-corrected chi connectivity index (χ3v) is 2.98. The van der Waals surface area contributed by atoms with Crippen LogP contribution in [0.25, 0.3) is 5.57 Å². The number of carbonyl (C=O) groups is 1. The first-order valence-corrected chi connectivity index (χ1v) is 6.24. The van der Waals surface area contributed by atoms with Crippen LogP contribution in [0.2, 0.25) is 0 Å². The van der Waals surface area contributed by atoms with Crippen molar-refractivity contribution in [2.75, 3.05) is 0 Å². The number of benzene rings is 2. The van der Waals surface area contributed by atoms with Gasteiger partial charge >= 0.3 is 5.97 Å². The molecule has 0 bridgehead atoms. The molecule has 1 N–H and O–H groups in total. The first kappa shape index (κ1) is 13.1. The maximum atomic E-state index is 10.7. The van der Waals surface area contributed by atoms with Gasteiger partial charge in [0.2, 0.25) is 0 Å². The summed E-state index contributed by atoms with van der Waals surface area (Å²) in [5.41, 5.74) is 4.15. The van der Waals surface area contributed by atoms with Crippen LogP contribution in [0.4, 0.5) is 0 Å². The molecule has 3 rings (SSSR count). The highest BCUT2D eigenvalue weighted by Gasteiger charge is 2.12. The molecule has 0 aromatic heterocycles. The molecular formula is C17H16O2. The van der Waals surface area contributed by atoms with Gasteiger partial charge in [0.1, 0.15) is 0 Å². The highest BCUT2D eigenvalue weighted by Crippen LogP contribution is 2.25. The highest BCUT2D eigenvalue weighted by atomic mass is 16.4. The molecule has 2 nitrogen and oxygen atoms in total. The number of carboxylic acids is 1. The molecule has 0 unspecified atom stereocenters. The summed E-state index contributed by atoms with van der Waals surface area (Å²) in [6.45, 7) is 1.72. The maximum Gasteiger partial charge on any atom is 0.335 e. The fourth-order valence-corrected chi connectivity index (χ4v) is 1.87. The number of hydrogen-bond acceptors (Lipinski definition) is 1. The van der Waals surface area contributed by atoms with Gasteiger partial charge in [-0.2, -0.15) is 0 Å². The molecule has 1 aliphatic rings. The first-order valence-electron chi connectivity index (χ1n) is 6.24. The summed E-state index contributed by atoms with van der Waals surface area (Å²) in [5, 5.41) is 8.76. The maximum absolute atomic E-state index is 10.7. The summed E-state index contributed by atoms with van der Waals surface area (Å²) < 4.78 is 0. The van der Waals surface area contributed by atoms with Gasteiger partial charge in [-0.05, 0) is 30.0 Å². The molecule has 0 radical (unpaired) electrons. The Labute approximate surface area is 113 Å². The van der Waals surface area contributed by atoms with Crippen molar-refractivity contribution in [3.05, 3.63) is 77.4 Å². The molecule has 0 spiro atoms. The quantitative estimate of drug-likeness (QED) is 0.705. The van der Waals surface area contributed by atoms with Crippen LogP contribution in [0.3, 0.4) is 0 Å². The van der Waals surface area contributed by atoms with Crippen molar-refractivity contribution in [2.24, 2.45) is 0 Å². The van der Waals surface area contributed by atoms with Gasteiger partial charge in [0.05, 0.1) is 5.57 Å². The molecule has 0 fully saturated rings. The summed E-state index contributed by atoms with van der Waals surface area (Å²) in [5.74, 6) is -0.885. The number of hydrogen-bond donors (Lipinski definition) is 1. The number of aliphatic carboxylic acids is 1. The van der Waals surface area contributed by atoms with Crippen molar-refractivity contribution in [2.45, 2.75) is 13.3 Å². The molecule has 0 amide bonds. The highest BCUT2D eigenvalue weighted by molar-refractivity contribution is 6.15. The predicted molar refractivity (Wildman–Crippen MR) is 77.0 cm³/mol. The van der Waals surface area contributed by atoms with E-state index in [2.05, 4.69) is 24.3 Å². The molecule has 0 heterocycles. The minimum Gasteiger partial charge on any atom is -0.478 e. The molecule has 0 aliphatic heterocycles. The Morgan fingerprint density at radius 3 is 1.95 bits per heavy atom. The molecule has 0 atom stereocenters. The SMILES string of the molecule is CC=C(C(=O)O)c1ccccc1.c1ccc2c(c1)C2. The number of rotatable bonds is 2. The Kier molecular flexibility index (Phi) is 4.14. The van der Waals surface area contributed by atoms with E-state index in [-0.39, 0.29) is 0 Å². The third kappa shape index (κ3) is 3.55. The second-order valence-electron chi connectivity index (χ2n) is 4.32. The summed E-state index contributed by atoms with van der Waals surface area (Å²) >= 11 is 0. The summed E-state index contributed by atoms with van der Waals surface area (Å²) in [6, 6.07) is 17.6. The van der Waals surface area contributed by atoms with Crippen molar-refractivity contribution in [1.29, 1.82) is 0 Å². The van der Waals surface area contributed by atoms with E-state index in [0.29, 0.717) is 5.57 Å². The lowest BCUT2D eigenvalue weighted by Crippen LogP contribution is -1.98. The average molecular weight is 252 g/mol. The van der Waals surface area contributed by atoms with Crippen LogP contribution in [0.15, 0.2) is 60.7 Å². The lowest BCUT2D eigenvalue weighted by Gasteiger charge is -1.99. The van der Waals surface area contributed by atoms with E-state index >= 15 is 0 Å². The van der Waals surface area contributed by atoms with Gasteiger partial charge < -0.3 is 5.11 Å². The summed E-state index contributed by atoms with van der Waals surface area (Å²) in [4.78, 5) is 10.7. The fraction of sp³-hybridized carbons (Fsp3) is 0.118. The minimum atomic E-state index is -0.885. The van der Waals surface area contributed by atoms with Crippen LogP contribution in [0.5, 0.6) is 0 Å². The molecule has 0 saturated heterocycles. The number of fused-ring (bicyclic) bond motifs is 1. The van der Waals surface area contributed by atoms with E-state index in [1.807, 2.05) is 18.2 Å². The Balaban J connectivity index is 0.000000159. The monoisotopic (exact) mass is 252 g/mol. The second-order valence-corrected chi connectivity index (χ2v) is 4.32. The largest absolute Gasteiger partial charge is 0.478 e. The van der Waals surface area contributed by atoms with Crippen LogP contribution >= 0.6 is 0 Å². The van der Waals surface area contributed by atoms with Crippen molar-refractivity contribution < 1.29 is 9.90 Å². The number of carboxylic acid groups (broad SMARTS) is 1. The third-order valence-electron chi connectivity index (χ3n) is 2.98. The second kappa shape index (κ2) is 6.01. The van der Waals surface area contributed by atoms with Gasteiger partial charge in [0.25, 0.3) is 0 Å². The molecule has 1 aliphatic carbocycles. The molecule has 2 aromatic rings. The first-order chi connectivity index (χ1) is 9.22. The Morgan fingerprint density at radius 2 is 1.53 bits per heavy atom. The Morgan fingerprint density at radius 1 is 1.00 bits per heavy atom. The van der Waals surface area contributed by atoms with Gasteiger partial charge in [-0.25, -0.2) is 4.79 Å². The standard InChI is InChI=1S/C10H10O2.C7H6/c1-2-9(10(11)12)8-6-4-3-5-7-8;1-2-4-7-5-6(7)3-1/h2-7H,1H3,(H,11,12);1-4H,5H2. The van der Waals surface area contributed by atoms with Crippen molar-refractivity contribution in [3.8, 4) is 0 Å². The smallest absolute Gasteiger partial charge is 0.335 e. The van der Waals surface area contributed by atoms with E-state index in [4.69, 9.17) is 5.11 Å². The molecule has 19 heavy (non-hydrogen) atoms. The van der Waals surface area contributed by atoms with E-state index < -0.39 is 5.97 Å². The lowest BCUT2D eigenvalue weighted by atomic mass is 10.1. The molecule has 96 valence electrons. The van der Waals surface area contributed by atoms with E-state index in [1.165, 1.54) is 17.5 Å². The Bertz CT molecular complexity index is 577. The van der Waals surface area contributed by atoms with Crippen LogP contribution in [-0.4, -0.2) is 11.1 Å². The fourth-order valence-electron chi connectivity index (χ4n) is 1.87. The van der Waals surface area contributed by atoms with Gasteiger partial charge in [-0.1, -0.05) is 60.7 Å². The van der Waals surface area contributed by atoms with E-state index in [1.54, 1.807) is 25.1 Å². The van der Waals surface area contributed by atoms with Crippen molar-refractivity contribution in [1.82, 2.24) is 0 Å². The van der Waals surface area contributed by atoms with Gasteiger partial charge in [-0.15, -0.1) is 0 Å². The van der Waals surface area contributed by atoms with E-state index in [0.717, 1.165) is 5.56 Å². The molecule has 2 heteroatoms. The van der Waals surface area contributed by atoms with Crippen LogP contribution in [-0.2, 0) is 11.2 Å². The zero-order chi connectivity index (χ0) is 13.7. The van der Waals surface area contributed by atoms with Crippen LogP contribution < -0.4 is 0 Å². The molecule has 0 saturated carbocycles. The summed E-state index contributed by atoms with van der Waals surface area (Å²) in [6.07, 6.45) is 2.84. The normalized spacial score (nSPS) is 11.9. The zero-order valence-corrected chi connectivity index (χ0v) is 10.8. The van der Waals surface area contributed by atoms with Gasteiger partial charge in [0.15, 0.2) is 0 Å². The van der Waals surface area contributed by atoms with Gasteiger partial charge in [0, 0.05) is 0 Å². The van der Waals surface area contributed by atoms with Crippen molar-refractivity contribution >= 4 is 11.5 Å². The average Bonchev–Trinajstić information content (AvgIpc) is 3.20. The molecular weight excluding hydrogens is 236 g/mol. The lowest BCUT2D eigenvalue weighted by molar-refractivity contribution is -0.130. The van der Waals surface area contributed by atoms with Crippen molar-refractivity contribution in [3.63, 3.8) is 0 Å². The number of allylic oxidation sites excluding steroid dienone is 1. The van der Waals surface area contributed by atoms with Crippen LogP contribution in [0.1, 0.15) is 23.6 Å². The predicted octanol–water partition coefficient (Wildman–Crippen LogP) is 3.77.